The molecule has 0 radical (unpaired) electrons. The molecule has 0 amide bonds. The summed E-state index contributed by atoms with van der Waals surface area (Å²) in [5.74, 6) is 0.602. The van der Waals surface area contributed by atoms with Gasteiger partial charge in [0.2, 0.25) is 0 Å². The third-order valence-corrected chi connectivity index (χ3v) is 2.11. The second-order valence-electron chi connectivity index (χ2n) is 3.21. The van der Waals surface area contributed by atoms with Crippen molar-refractivity contribution < 1.29 is 0 Å². The number of aromatic nitrogens is 1. The van der Waals surface area contributed by atoms with E-state index in [1.54, 1.807) is 6.20 Å². The molecule has 1 saturated carbocycles. The summed E-state index contributed by atoms with van der Waals surface area (Å²) in [6, 6.07) is 4.38. The fourth-order valence-electron chi connectivity index (χ4n) is 1.17. The minimum absolute atomic E-state index is 0.401. The van der Waals surface area contributed by atoms with Gasteiger partial charge in [0.1, 0.15) is 0 Å². The number of rotatable bonds is 2. The number of nitrogens with two attached hydrogens (primary N) is 1. The minimum atomic E-state index is 0.401. The lowest BCUT2D eigenvalue weighted by atomic mass is 10.2. The summed E-state index contributed by atoms with van der Waals surface area (Å²) in [6.07, 6.45) is 9.02. The van der Waals surface area contributed by atoms with Gasteiger partial charge in [-0.3, -0.25) is 4.98 Å². The number of hydrogen-bond donors (Lipinski definition) is 1. The maximum absolute atomic E-state index is 5.66. The van der Waals surface area contributed by atoms with E-state index in [9.17, 15) is 0 Å². The maximum Gasteiger partial charge on any atom is 0.0340 e. The van der Waals surface area contributed by atoms with Crippen LogP contribution in [0.5, 0.6) is 0 Å². The Bertz CT molecular complexity index is 279. The Kier molecular flexibility index (Phi) is 1.92. The topological polar surface area (TPSA) is 38.9 Å². The molecule has 12 heavy (non-hydrogen) atoms. The normalized spacial score (nSPS) is 27.8. The molecule has 2 N–H and O–H groups in total. The first-order valence-corrected chi connectivity index (χ1v) is 4.20. The predicted octanol–water partition coefficient (Wildman–Crippen LogP) is 1.44. The number of pyridine rings is 1. The highest BCUT2D eigenvalue weighted by atomic mass is 14.7. The lowest BCUT2D eigenvalue weighted by Crippen LogP contribution is -1.99. The summed E-state index contributed by atoms with van der Waals surface area (Å²) in [4.78, 5) is 4.02. The van der Waals surface area contributed by atoms with Gasteiger partial charge in [0.05, 0.1) is 0 Å². The molecule has 1 aliphatic rings. The van der Waals surface area contributed by atoms with Crippen molar-refractivity contribution in [1.82, 2.24) is 4.98 Å². The molecule has 2 nitrogen and oxygen atoms in total. The molecule has 0 spiro atoms. The molecule has 0 bridgehead atoms. The highest BCUT2D eigenvalue weighted by Gasteiger charge is 2.30. The second kappa shape index (κ2) is 3.07. The van der Waals surface area contributed by atoms with E-state index in [1.807, 2.05) is 18.3 Å². The van der Waals surface area contributed by atoms with Gasteiger partial charge in [-0.15, -0.1) is 0 Å². The monoisotopic (exact) mass is 160 g/mol. The fourth-order valence-corrected chi connectivity index (χ4v) is 1.17. The highest BCUT2D eigenvalue weighted by Crippen LogP contribution is 2.29. The van der Waals surface area contributed by atoms with Gasteiger partial charge in [-0.25, -0.2) is 0 Å². The SMILES string of the molecule is NC1CC1C=Cc1cccnc1. The Morgan fingerprint density at radius 2 is 2.42 bits per heavy atom. The zero-order valence-electron chi connectivity index (χ0n) is 6.85. The van der Waals surface area contributed by atoms with Crippen LogP contribution in [0.15, 0.2) is 30.6 Å². The Morgan fingerprint density at radius 1 is 1.58 bits per heavy atom. The third-order valence-electron chi connectivity index (χ3n) is 2.11. The van der Waals surface area contributed by atoms with Gasteiger partial charge in [-0.1, -0.05) is 18.2 Å². The van der Waals surface area contributed by atoms with E-state index in [1.165, 1.54) is 0 Å². The highest BCUT2D eigenvalue weighted by molar-refractivity contribution is 5.48. The van der Waals surface area contributed by atoms with Gasteiger partial charge in [0.25, 0.3) is 0 Å². The number of nitrogens with zero attached hydrogens (tertiary/aromatic N) is 1. The van der Waals surface area contributed by atoms with Gasteiger partial charge in [0, 0.05) is 18.4 Å². The van der Waals surface area contributed by atoms with Crippen molar-refractivity contribution >= 4 is 6.08 Å². The third kappa shape index (κ3) is 1.71. The molecule has 1 heterocycles. The summed E-state index contributed by atoms with van der Waals surface area (Å²) >= 11 is 0. The van der Waals surface area contributed by atoms with E-state index in [0.29, 0.717) is 12.0 Å². The zero-order valence-corrected chi connectivity index (χ0v) is 6.85. The Hall–Kier alpha value is -1.15. The average Bonchev–Trinajstić information content (AvgIpc) is 2.81. The summed E-state index contributed by atoms with van der Waals surface area (Å²) < 4.78 is 0. The van der Waals surface area contributed by atoms with Crippen molar-refractivity contribution in [2.75, 3.05) is 0 Å². The van der Waals surface area contributed by atoms with Gasteiger partial charge >= 0.3 is 0 Å². The van der Waals surface area contributed by atoms with Crippen molar-refractivity contribution in [3.8, 4) is 0 Å². The first-order chi connectivity index (χ1) is 5.86. The van der Waals surface area contributed by atoms with E-state index in [-0.39, 0.29) is 0 Å². The van der Waals surface area contributed by atoms with Crippen LogP contribution < -0.4 is 5.73 Å². The van der Waals surface area contributed by atoms with Crippen LogP contribution in [0.2, 0.25) is 0 Å². The molecule has 62 valence electrons. The van der Waals surface area contributed by atoms with Crippen LogP contribution in [-0.4, -0.2) is 11.0 Å². The smallest absolute Gasteiger partial charge is 0.0340 e. The molecule has 2 unspecified atom stereocenters. The molecule has 1 aliphatic carbocycles. The lowest BCUT2D eigenvalue weighted by molar-refractivity contribution is 0.979. The summed E-state index contributed by atoms with van der Waals surface area (Å²) in [7, 11) is 0. The number of hydrogen-bond acceptors (Lipinski definition) is 2. The van der Waals surface area contributed by atoms with Crippen LogP contribution in [0.3, 0.4) is 0 Å². The van der Waals surface area contributed by atoms with Gasteiger partial charge in [0.15, 0.2) is 0 Å². The van der Waals surface area contributed by atoms with E-state index < -0.39 is 0 Å². The largest absolute Gasteiger partial charge is 0.327 e. The van der Waals surface area contributed by atoms with Gasteiger partial charge in [-0.2, -0.15) is 0 Å². The molecule has 1 aromatic heterocycles. The quantitative estimate of drug-likeness (QED) is 0.711. The van der Waals surface area contributed by atoms with Crippen LogP contribution in [0, 0.1) is 5.92 Å². The van der Waals surface area contributed by atoms with Crippen LogP contribution in [0.25, 0.3) is 6.08 Å². The molecule has 0 saturated heterocycles. The second-order valence-corrected chi connectivity index (χ2v) is 3.21. The van der Waals surface area contributed by atoms with Crippen molar-refractivity contribution in [2.24, 2.45) is 11.7 Å². The molecule has 0 aliphatic heterocycles. The lowest BCUT2D eigenvalue weighted by Gasteiger charge is -1.89. The van der Waals surface area contributed by atoms with Crippen molar-refractivity contribution in [3.05, 3.63) is 36.2 Å². The minimum Gasteiger partial charge on any atom is -0.327 e. The van der Waals surface area contributed by atoms with E-state index >= 15 is 0 Å². The van der Waals surface area contributed by atoms with Crippen LogP contribution in [-0.2, 0) is 0 Å². The zero-order chi connectivity index (χ0) is 8.39. The predicted molar refractivity (Wildman–Crippen MR) is 49.4 cm³/mol. The van der Waals surface area contributed by atoms with Gasteiger partial charge < -0.3 is 5.73 Å². The van der Waals surface area contributed by atoms with E-state index in [2.05, 4.69) is 17.1 Å². The first kappa shape index (κ1) is 7.50. The molecule has 1 aromatic rings. The maximum atomic E-state index is 5.66. The fraction of sp³-hybridized carbons (Fsp3) is 0.300. The summed E-state index contributed by atoms with van der Waals surface area (Å²) in [5.41, 5.74) is 6.81. The molecule has 2 rings (SSSR count). The first-order valence-electron chi connectivity index (χ1n) is 4.20. The Morgan fingerprint density at radius 3 is 3.00 bits per heavy atom. The van der Waals surface area contributed by atoms with Crippen molar-refractivity contribution in [1.29, 1.82) is 0 Å². The van der Waals surface area contributed by atoms with Crippen molar-refractivity contribution in [3.63, 3.8) is 0 Å². The standard InChI is InChI=1S/C10H12N2/c11-10-6-9(10)4-3-8-2-1-5-12-7-8/h1-5,7,9-10H,6,11H2. The van der Waals surface area contributed by atoms with Gasteiger partial charge in [-0.05, 0) is 24.0 Å². The molecule has 0 aromatic carbocycles. The molecule has 2 heteroatoms. The Balaban J connectivity index is 1.99. The summed E-state index contributed by atoms with van der Waals surface area (Å²) in [6.45, 7) is 0. The molecule has 1 fully saturated rings. The van der Waals surface area contributed by atoms with Crippen LogP contribution in [0.1, 0.15) is 12.0 Å². The van der Waals surface area contributed by atoms with Crippen LogP contribution >= 0.6 is 0 Å². The molecule has 2 atom stereocenters. The van der Waals surface area contributed by atoms with Crippen molar-refractivity contribution in [2.45, 2.75) is 12.5 Å². The van der Waals surface area contributed by atoms with E-state index in [0.717, 1.165) is 12.0 Å². The molecular weight excluding hydrogens is 148 g/mol. The summed E-state index contributed by atoms with van der Waals surface area (Å²) in [5, 5.41) is 0. The van der Waals surface area contributed by atoms with Crippen LogP contribution in [0.4, 0.5) is 0 Å². The molecular formula is C10H12N2. The van der Waals surface area contributed by atoms with E-state index in [4.69, 9.17) is 5.73 Å². The Labute approximate surface area is 72.1 Å². The average molecular weight is 160 g/mol.